The van der Waals surface area contributed by atoms with Crippen LogP contribution in [0, 0.1) is 0 Å². The van der Waals surface area contributed by atoms with Gasteiger partial charge in [-0.15, -0.1) is 0 Å². The molecule has 0 radical (unpaired) electrons. The Balaban J connectivity index is -0.0000000560. The highest BCUT2D eigenvalue weighted by Gasteiger charge is 1.88. The maximum atomic E-state index is 10.3. The van der Waals surface area contributed by atoms with Crippen LogP contribution in [-0.4, -0.2) is 12.5 Å². The van der Waals surface area contributed by atoms with Crippen LogP contribution in [0.25, 0.3) is 0 Å². The summed E-state index contributed by atoms with van der Waals surface area (Å²) in [5, 5.41) is 2.66. The van der Waals surface area contributed by atoms with Gasteiger partial charge in [0.05, 0.1) is 0 Å². The van der Waals surface area contributed by atoms with Crippen molar-refractivity contribution < 1.29 is 4.79 Å². The molecule has 0 aromatic carbocycles. The third-order valence-corrected chi connectivity index (χ3v) is 0.695. The highest BCUT2D eigenvalue weighted by Crippen LogP contribution is 1.70. The van der Waals surface area contributed by atoms with Gasteiger partial charge in [0, 0.05) is 13.0 Å². The minimum atomic E-state index is 0. The fourth-order valence-electron chi connectivity index (χ4n) is 0.322. The van der Waals surface area contributed by atoms with Crippen molar-refractivity contribution in [3.05, 3.63) is 0 Å². The number of nitrogens with one attached hydrogen (secondary N) is 1. The molecule has 0 aliphatic carbocycles. The van der Waals surface area contributed by atoms with Crippen LogP contribution in [0.4, 0.5) is 0 Å². The summed E-state index contributed by atoms with van der Waals surface area (Å²) >= 11 is 0. The topological polar surface area (TPSA) is 29.1 Å². The monoisotopic (exact) mass is 177 g/mol. The van der Waals surface area contributed by atoms with Gasteiger partial charge in [-0.25, -0.2) is 0 Å². The van der Waals surface area contributed by atoms with Gasteiger partial charge in [0.15, 0.2) is 0 Å². The van der Waals surface area contributed by atoms with Gasteiger partial charge >= 0.3 is 0 Å². The Bertz CT molecular complexity index is 62.9. The maximum Gasteiger partial charge on any atom is 0.219 e. The Hall–Kier alpha value is -0.530. The molecule has 0 bridgehead atoms. The number of rotatable bonds is 2. The molecular formula is C10H27NO. The molecule has 1 amide bonds. The minimum Gasteiger partial charge on any atom is -0.356 e. The van der Waals surface area contributed by atoms with Crippen molar-refractivity contribution in [3.8, 4) is 0 Å². The van der Waals surface area contributed by atoms with E-state index in [0.717, 1.165) is 6.54 Å². The van der Waals surface area contributed by atoms with E-state index in [1.165, 1.54) is 0 Å². The lowest BCUT2D eigenvalue weighted by Gasteiger charge is -1.93. The predicted octanol–water partition coefficient (Wildman–Crippen LogP) is 3.22. The molecule has 12 heavy (non-hydrogen) atoms. The largest absolute Gasteiger partial charge is 0.356 e. The number of hydrogen-bond donors (Lipinski definition) is 1. The second-order valence-electron chi connectivity index (χ2n) is 1.31. The Labute approximate surface area is 78.8 Å². The molecule has 0 unspecified atom stereocenters. The van der Waals surface area contributed by atoms with Crippen LogP contribution in [0.2, 0.25) is 0 Å². The second kappa shape index (κ2) is 31.4. The summed E-state index contributed by atoms with van der Waals surface area (Å²) in [6.07, 6.45) is 0.591. The normalized spacial score (nSPS) is 5.83. The summed E-state index contributed by atoms with van der Waals surface area (Å²) in [7, 11) is 0. The third kappa shape index (κ3) is 34.0. The Morgan fingerprint density at radius 1 is 1.08 bits per heavy atom. The van der Waals surface area contributed by atoms with Crippen LogP contribution < -0.4 is 5.32 Å². The summed E-state index contributed by atoms with van der Waals surface area (Å²) in [5.74, 6) is 0.127. The smallest absolute Gasteiger partial charge is 0.219 e. The van der Waals surface area contributed by atoms with E-state index < -0.39 is 0 Å². The highest BCUT2D eigenvalue weighted by molar-refractivity contribution is 5.75. The summed E-state index contributed by atoms with van der Waals surface area (Å²) in [6, 6.07) is 0. The molecule has 0 heterocycles. The first-order valence-electron chi connectivity index (χ1n) is 4.58. The molecule has 0 saturated heterocycles. The molecule has 0 spiro atoms. The standard InChI is InChI=1S/C5H11NO.2C2H6.CH4/c1-3-5(7)6-4-2;2*1-2;/h3-4H2,1-2H3,(H,6,7);2*1-2H3;1H4. The van der Waals surface area contributed by atoms with Crippen LogP contribution in [0.1, 0.15) is 55.4 Å². The Morgan fingerprint density at radius 3 is 1.50 bits per heavy atom. The van der Waals surface area contributed by atoms with E-state index in [9.17, 15) is 4.79 Å². The van der Waals surface area contributed by atoms with Gasteiger partial charge in [-0.2, -0.15) is 0 Å². The lowest BCUT2D eigenvalue weighted by Crippen LogP contribution is -2.20. The van der Waals surface area contributed by atoms with Gasteiger partial charge in [0.2, 0.25) is 5.91 Å². The van der Waals surface area contributed by atoms with Crippen molar-refractivity contribution in [1.82, 2.24) is 5.32 Å². The van der Waals surface area contributed by atoms with E-state index in [1.807, 2.05) is 41.5 Å². The molecule has 0 aromatic heterocycles. The van der Waals surface area contributed by atoms with Gasteiger partial charge in [-0.05, 0) is 6.92 Å². The number of carbonyl (C=O) groups is 1. The van der Waals surface area contributed by atoms with Crippen molar-refractivity contribution in [1.29, 1.82) is 0 Å². The molecule has 0 aliphatic heterocycles. The molecule has 0 fully saturated rings. The Kier molecular flexibility index (Phi) is 58.9. The summed E-state index contributed by atoms with van der Waals surface area (Å²) < 4.78 is 0. The quantitative estimate of drug-likeness (QED) is 0.689. The molecule has 0 rings (SSSR count). The van der Waals surface area contributed by atoms with E-state index in [0.29, 0.717) is 6.42 Å². The highest BCUT2D eigenvalue weighted by atomic mass is 16.1. The van der Waals surface area contributed by atoms with Crippen molar-refractivity contribution in [2.45, 2.75) is 55.4 Å². The average molecular weight is 177 g/mol. The molecule has 0 saturated carbocycles. The molecule has 0 aromatic rings. The molecule has 2 nitrogen and oxygen atoms in total. The third-order valence-electron chi connectivity index (χ3n) is 0.695. The fraction of sp³-hybridized carbons (Fsp3) is 0.900. The van der Waals surface area contributed by atoms with Crippen LogP contribution in [0.3, 0.4) is 0 Å². The van der Waals surface area contributed by atoms with Gasteiger partial charge in [0.1, 0.15) is 0 Å². The summed E-state index contributed by atoms with van der Waals surface area (Å²) in [4.78, 5) is 10.3. The number of amides is 1. The predicted molar refractivity (Wildman–Crippen MR) is 58.4 cm³/mol. The minimum absolute atomic E-state index is 0. The molecular weight excluding hydrogens is 150 g/mol. The van der Waals surface area contributed by atoms with E-state index in [4.69, 9.17) is 0 Å². The van der Waals surface area contributed by atoms with Crippen molar-refractivity contribution in [2.75, 3.05) is 6.54 Å². The molecule has 0 atom stereocenters. The zero-order valence-electron chi connectivity index (χ0n) is 8.82. The van der Waals surface area contributed by atoms with Crippen molar-refractivity contribution in [3.63, 3.8) is 0 Å². The number of carbonyl (C=O) groups excluding carboxylic acids is 1. The lowest BCUT2D eigenvalue weighted by atomic mass is 10.4. The van der Waals surface area contributed by atoms with Crippen molar-refractivity contribution >= 4 is 5.91 Å². The van der Waals surface area contributed by atoms with Gasteiger partial charge in [-0.1, -0.05) is 42.0 Å². The van der Waals surface area contributed by atoms with Crippen LogP contribution in [-0.2, 0) is 4.79 Å². The second-order valence-corrected chi connectivity index (χ2v) is 1.31. The zero-order valence-corrected chi connectivity index (χ0v) is 8.82. The molecule has 0 aliphatic rings. The first-order valence-corrected chi connectivity index (χ1v) is 4.58. The van der Waals surface area contributed by atoms with E-state index in [-0.39, 0.29) is 13.3 Å². The van der Waals surface area contributed by atoms with E-state index >= 15 is 0 Å². The maximum absolute atomic E-state index is 10.3. The van der Waals surface area contributed by atoms with E-state index in [1.54, 1.807) is 0 Å². The molecule has 78 valence electrons. The van der Waals surface area contributed by atoms with Gasteiger partial charge in [0.25, 0.3) is 0 Å². The average Bonchev–Trinajstić information content (AvgIpc) is 2.12. The zero-order chi connectivity index (χ0) is 9.70. The van der Waals surface area contributed by atoms with Gasteiger partial charge in [-0.3, -0.25) is 4.79 Å². The van der Waals surface area contributed by atoms with Crippen LogP contribution in [0.15, 0.2) is 0 Å². The van der Waals surface area contributed by atoms with Crippen LogP contribution in [0.5, 0.6) is 0 Å². The lowest BCUT2D eigenvalue weighted by molar-refractivity contribution is -0.120. The van der Waals surface area contributed by atoms with Crippen molar-refractivity contribution in [2.24, 2.45) is 0 Å². The molecule has 1 N–H and O–H groups in total. The SMILES string of the molecule is C.CC.CC.CCNC(=O)CC. The first kappa shape index (κ1) is 22.5. The summed E-state index contributed by atoms with van der Waals surface area (Å²) in [6.45, 7) is 12.5. The van der Waals surface area contributed by atoms with Gasteiger partial charge < -0.3 is 5.32 Å². The summed E-state index contributed by atoms with van der Waals surface area (Å²) in [5.41, 5.74) is 0. The first-order chi connectivity index (χ1) is 5.31. The fourth-order valence-corrected chi connectivity index (χ4v) is 0.322. The van der Waals surface area contributed by atoms with E-state index in [2.05, 4.69) is 5.32 Å². The van der Waals surface area contributed by atoms with Crippen LogP contribution >= 0.6 is 0 Å². The Morgan fingerprint density at radius 2 is 1.42 bits per heavy atom. The number of hydrogen-bond acceptors (Lipinski definition) is 1. The molecule has 2 heteroatoms.